The molecule has 1 aliphatic rings. The Kier molecular flexibility index (Phi) is 5.57. The second kappa shape index (κ2) is 7.16. The normalized spacial score (nSPS) is 18.2. The van der Waals surface area contributed by atoms with E-state index in [9.17, 15) is 31.2 Å². The lowest BCUT2D eigenvalue weighted by atomic mass is 10.2. The fourth-order valence-electron chi connectivity index (χ4n) is 2.41. The molecular weight excluding hydrogens is 387 g/mol. The van der Waals surface area contributed by atoms with Crippen LogP contribution in [0, 0.1) is 0 Å². The summed E-state index contributed by atoms with van der Waals surface area (Å²) in [6.45, 7) is -0.266. The number of rotatable bonds is 4. The molecule has 1 fully saturated rings. The van der Waals surface area contributed by atoms with Gasteiger partial charge in [0.05, 0.1) is 5.75 Å². The van der Waals surface area contributed by atoms with Crippen LogP contribution in [0.25, 0.3) is 0 Å². The molecule has 0 aromatic carbocycles. The third-order valence-electron chi connectivity index (χ3n) is 3.46. The first-order valence-corrected chi connectivity index (χ1v) is 9.05. The van der Waals surface area contributed by atoms with Gasteiger partial charge < -0.3 is 4.90 Å². The molecule has 1 aliphatic heterocycles. The highest BCUT2D eigenvalue weighted by atomic mass is 35.5. The average molecular weight is 400 g/mol. The molecule has 2 amide bonds. The molecule has 0 radical (unpaired) electrons. The van der Waals surface area contributed by atoms with E-state index in [-0.39, 0.29) is 30.1 Å². The number of nitrogens with one attached hydrogen (secondary N) is 1. The highest BCUT2D eigenvalue weighted by molar-refractivity contribution is 7.89. The minimum atomic E-state index is -5.13. The fraction of sp³-hybridized carbons (Fsp3) is 0.462. The molecule has 0 saturated carbocycles. The van der Waals surface area contributed by atoms with Gasteiger partial charge in [0, 0.05) is 12.7 Å². The van der Waals surface area contributed by atoms with Gasteiger partial charge in [-0.1, -0.05) is 17.7 Å². The van der Waals surface area contributed by atoms with Gasteiger partial charge in [0.1, 0.15) is 11.2 Å². The SMILES string of the molecule is O=C(NS(=O)(=O)Cc1ccc(Cl)nc1)C1CCCN1C(=O)C(F)(F)F. The van der Waals surface area contributed by atoms with Crippen LogP contribution in [-0.4, -0.2) is 48.9 Å². The van der Waals surface area contributed by atoms with E-state index in [2.05, 4.69) is 4.98 Å². The van der Waals surface area contributed by atoms with Crippen molar-refractivity contribution in [1.29, 1.82) is 0 Å². The molecular formula is C13H13ClF3N3O4S. The van der Waals surface area contributed by atoms with E-state index in [1.165, 1.54) is 18.3 Å². The molecule has 2 heterocycles. The molecule has 1 aromatic rings. The standard InChI is InChI=1S/C13H13ClF3N3O4S/c14-10-4-3-8(6-18-10)7-25(23,24)19-11(21)9-2-1-5-20(9)12(22)13(15,16)17/h3-4,6,9H,1-2,5,7H2,(H,19,21). The molecule has 0 aliphatic carbocycles. The van der Waals surface area contributed by atoms with E-state index in [4.69, 9.17) is 11.6 Å². The molecule has 0 bridgehead atoms. The second-order valence-corrected chi connectivity index (χ2v) is 7.48. The van der Waals surface area contributed by atoms with Crippen LogP contribution >= 0.6 is 11.6 Å². The van der Waals surface area contributed by atoms with Crippen LogP contribution in [0.2, 0.25) is 5.15 Å². The van der Waals surface area contributed by atoms with Crippen molar-refractivity contribution in [3.05, 3.63) is 29.0 Å². The summed E-state index contributed by atoms with van der Waals surface area (Å²) in [4.78, 5) is 27.4. The number of likely N-dealkylation sites (tertiary alicyclic amines) is 1. The summed E-state index contributed by atoms with van der Waals surface area (Å²) in [5.74, 6) is -3.94. The molecule has 2 rings (SSSR count). The lowest BCUT2D eigenvalue weighted by Gasteiger charge is -2.24. The van der Waals surface area contributed by atoms with Crippen molar-refractivity contribution in [2.45, 2.75) is 30.8 Å². The zero-order valence-electron chi connectivity index (χ0n) is 12.6. The third-order valence-corrected chi connectivity index (χ3v) is 4.91. The topological polar surface area (TPSA) is 96.4 Å². The van der Waals surface area contributed by atoms with Crippen molar-refractivity contribution >= 4 is 33.4 Å². The highest BCUT2D eigenvalue weighted by Gasteiger charge is 2.48. The molecule has 138 valence electrons. The largest absolute Gasteiger partial charge is 0.471 e. The van der Waals surface area contributed by atoms with E-state index in [0.29, 0.717) is 4.90 Å². The zero-order chi connectivity index (χ0) is 18.8. The lowest BCUT2D eigenvalue weighted by molar-refractivity contribution is -0.186. The van der Waals surface area contributed by atoms with Crippen molar-refractivity contribution in [3.63, 3.8) is 0 Å². The van der Waals surface area contributed by atoms with Crippen LogP contribution in [0.3, 0.4) is 0 Å². The summed E-state index contributed by atoms with van der Waals surface area (Å²) in [7, 11) is -4.17. The number of hydrogen-bond acceptors (Lipinski definition) is 5. The number of carbonyl (C=O) groups excluding carboxylic acids is 2. The summed E-state index contributed by atoms with van der Waals surface area (Å²) < 4.78 is 63.3. The molecule has 1 N–H and O–H groups in total. The maximum absolute atomic E-state index is 12.5. The summed E-state index contributed by atoms with van der Waals surface area (Å²) in [6.07, 6.45) is -3.81. The predicted octanol–water partition coefficient (Wildman–Crippen LogP) is 1.23. The van der Waals surface area contributed by atoms with Gasteiger partial charge in [-0.15, -0.1) is 0 Å². The first-order chi connectivity index (χ1) is 11.5. The first-order valence-electron chi connectivity index (χ1n) is 7.02. The van der Waals surface area contributed by atoms with E-state index >= 15 is 0 Å². The molecule has 7 nitrogen and oxygen atoms in total. The number of amides is 2. The molecule has 25 heavy (non-hydrogen) atoms. The number of pyridine rings is 1. The van der Waals surface area contributed by atoms with Gasteiger partial charge in [0.25, 0.3) is 5.91 Å². The highest BCUT2D eigenvalue weighted by Crippen LogP contribution is 2.26. The van der Waals surface area contributed by atoms with Crippen LogP contribution in [-0.2, 0) is 25.4 Å². The Morgan fingerprint density at radius 3 is 2.60 bits per heavy atom. The van der Waals surface area contributed by atoms with Crippen molar-refractivity contribution in [3.8, 4) is 0 Å². The van der Waals surface area contributed by atoms with Gasteiger partial charge in [-0.25, -0.2) is 13.4 Å². The number of sulfonamides is 1. The maximum Gasteiger partial charge on any atom is 0.471 e. The summed E-state index contributed by atoms with van der Waals surface area (Å²) in [6, 6.07) is 1.26. The van der Waals surface area contributed by atoms with Crippen LogP contribution in [0.4, 0.5) is 13.2 Å². The Bertz CT molecular complexity index is 768. The number of hydrogen-bond donors (Lipinski definition) is 1. The van der Waals surface area contributed by atoms with Gasteiger partial charge >= 0.3 is 12.1 Å². The summed E-state index contributed by atoms with van der Waals surface area (Å²) in [5.41, 5.74) is 0.236. The molecule has 0 spiro atoms. The van der Waals surface area contributed by atoms with Gasteiger partial charge in [0.15, 0.2) is 0 Å². The minimum absolute atomic E-state index is 0.0499. The number of nitrogens with zero attached hydrogens (tertiary/aromatic N) is 2. The van der Waals surface area contributed by atoms with E-state index in [1.807, 2.05) is 0 Å². The van der Waals surface area contributed by atoms with Gasteiger partial charge in [0.2, 0.25) is 10.0 Å². The van der Waals surface area contributed by atoms with Gasteiger partial charge in [-0.2, -0.15) is 13.2 Å². The Balaban J connectivity index is 2.07. The van der Waals surface area contributed by atoms with E-state index < -0.39 is 39.8 Å². The van der Waals surface area contributed by atoms with Crippen LogP contribution < -0.4 is 4.72 Å². The number of alkyl halides is 3. The van der Waals surface area contributed by atoms with Crippen molar-refractivity contribution in [2.24, 2.45) is 0 Å². The number of aromatic nitrogens is 1. The van der Waals surface area contributed by atoms with Crippen LogP contribution in [0.15, 0.2) is 18.3 Å². The van der Waals surface area contributed by atoms with Crippen molar-refractivity contribution in [2.75, 3.05) is 6.54 Å². The monoisotopic (exact) mass is 399 g/mol. The maximum atomic E-state index is 12.5. The molecule has 1 unspecified atom stereocenters. The Morgan fingerprint density at radius 2 is 2.04 bits per heavy atom. The van der Waals surface area contributed by atoms with Crippen LogP contribution in [0.1, 0.15) is 18.4 Å². The Labute approximate surface area is 146 Å². The van der Waals surface area contributed by atoms with Crippen LogP contribution in [0.5, 0.6) is 0 Å². The smallest absolute Gasteiger partial charge is 0.323 e. The summed E-state index contributed by atoms with van der Waals surface area (Å²) >= 11 is 5.58. The Morgan fingerprint density at radius 1 is 1.36 bits per heavy atom. The first kappa shape index (κ1) is 19.4. The quantitative estimate of drug-likeness (QED) is 0.768. The van der Waals surface area contributed by atoms with E-state index in [1.54, 1.807) is 4.72 Å². The third kappa shape index (κ3) is 5.05. The molecule has 1 saturated heterocycles. The minimum Gasteiger partial charge on any atom is -0.323 e. The summed E-state index contributed by atoms with van der Waals surface area (Å²) in [5, 5.41) is 0.150. The van der Waals surface area contributed by atoms with E-state index in [0.717, 1.165) is 0 Å². The number of halogens is 4. The van der Waals surface area contributed by atoms with Gasteiger partial charge in [-0.3, -0.25) is 14.3 Å². The molecule has 12 heteroatoms. The zero-order valence-corrected chi connectivity index (χ0v) is 14.2. The number of carbonyl (C=O) groups is 2. The molecule has 1 aromatic heterocycles. The van der Waals surface area contributed by atoms with Gasteiger partial charge in [-0.05, 0) is 24.5 Å². The second-order valence-electron chi connectivity index (χ2n) is 5.37. The fourth-order valence-corrected chi connectivity index (χ4v) is 3.65. The predicted molar refractivity (Wildman–Crippen MR) is 80.8 cm³/mol. The average Bonchev–Trinajstić information content (AvgIpc) is 2.96. The molecule has 1 atom stereocenters. The van der Waals surface area contributed by atoms with Crippen molar-refractivity contribution in [1.82, 2.24) is 14.6 Å². The lowest BCUT2D eigenvalue weighted by Crippen LogP contribution is -2.51. The Hall–Kier alpha value is -1.88. The van der Waals surface area contributed by atoms with Crippen molar-refractivity contribution < 1.29 is 31.2 Å².